The molecule has 34 heavy (non-hydrogen) atoms. The Morgan fingerprint density at radius 3 is 2.38 bits per heavy atom. The van der Waals surface area contributed by atoms with Gasteiger partial charge in [0.15, 0.2) is 4.91 Å². The summed E-state index contributed by atoms with van der Waals surface area (Å²) in [4.78, 5) is 13.3. The number of halogens is 1. The van der Waals surface area contributed by atoms with Crippen molar-refractivity contribution in [3.8, 4) is 11.5 Å². The molecule has 1 aliphatic heterocycles. The molecule has 1 N–H and O–H groups in total. The largest absolute Gasteiger partial charge is 0.497 e. The number of rotatable bonds is 6. The summed E-state index contributed by atoms with van der Waals surface area (Å²) in [6.07, 6.45) is 0. The maximum Gasteiger partial charge on any atom is 0.270 e. The van der Waals surface area contributed by atoms with Crippen LogP contribution in [-0.2, 0) is 14.8 Å². The Kier molecular flexibility index (Phi) is 6.54. The fraction of sp³-hybridized carbons (Fsp3) is 0.160. The van der Waals surface area contributed by atoms with E-state index in [1.807, 2.05) is 6.07 Å². The van der Waals surface area contributed by atoms with Crippen molar-refractivity contribution in [3.63, 3.8) is 0 Å². The quantitative estimate of drug-likeness (QED) is 0.521. The third-order valence-electron chi connectivity index (χ3n) is 5.48. The van der Waals surface area contributed by atoms with Gasteiger partial charge in [-0.2, -0.15) is 0 Å². The molecule has 7 nitrogen and oxygen atoms in total. The smallest absolute Gasteiger partial charge is 0.270 e. The van der Waals surface area contributed by atoms with Gasteiger partial charge < -0.3 is 14.8 Å². The lowest BCUT2D eigenvalue weighted by atomic mass is 9.95. The molecule has 0 spiro atoms. The second kappa shape index (κ2) is 9.40. The second-order valence-electron chi connectivity index (χ2n) is 7.42. The number of carbonyl (C=O) groups is 1. The van der Waals surface area contributed by atoms with Crippen LogP contribution in [-0.4, -0.2) is 35.1 Å². The maximum absolute atomic E-state index is 13.8. The Morgan fingerprint density at radius 1 is 1.00 bits per heavy atom. The van der Waals surface area contributed by atoms with E-state index in [4.69, 9.17) is 21.1 Å². The minimum Gasteiger partial charge on any atom is -0.497 e. The first-order chi connectivity index (χ1) is 16.3. The van der Waals surface area contributed by atoms with Crippen LogP contribution in [0.25, 0.3) is 5.57 Å². The standard InChI is InChI=1S/C25H23ClN2O5S/c1-4-28-21-13-10-17(26)14-19(21)23(16-8-6-5-7-9-16)24(34(28,30)31)25(29)27-20-12-11-18(32-2)15-22(20)33-3/h5-15H,4H2,1-3H3,(H,27,29). The van der Waals surface area contributed by atoms with E-state index in [0.29, 0.717) is 39.0 Å². The predicted molar refractivity (Wildman–Crippen MR) is 134 cm³/mol. The summed E-state index contributed by atoms with van der Waals surface area (Å²) in [5.41, 5.74) is 2.19. The van der Waals surface area contributed by atoms with Crippen LogP contribution in [0.3, 0.4) is 0 Å². The van der Waals surface area contributed by atoms with Crippen LogP contribution in [0, 0.1) is 0 Å². The molecular weight excluding hydrogens is 476 g/mol. The Balaban J connectivity index is 1.97. The number of hydrogen-bond donors (Lipinski definition) is 1. The van der Waals surface area contributed by atoms with Crippen LogP contribution in [0.1, 0.15) is 18.1 Å². The Labute approximate surface area is 203 Å². The van der Waals surface area contributed by atoms with Crippen LogP contribution in [0.15, 0.2) is 71.6 Å². The number of amides is 1. The van der Waals surface area contributed by atoms with E-state index < -0.39 is 15.9 Å². The lowest BCUT2D eigenvalue weighted by Gasteiger charge is -2.33. The number of ether oxygens (including phenoxy) is 2. The van der Waals surface area contributed by atoms with Crippen LogP contribution < -0.4 is 19.1 Å². The van der Waals surface area contributed by atoms with Crippen LogP contribution >= 0.6 is 11.6 Å². The zero-order valence-corrected chi connectivity index (χ0v) is 20.4. The summed E-state index contributed by atoms with van der Waals surface area (Å²) < 4.78 is 39.4. The summed E-state index contributed by atoms with van der Waals surface area (Å²) >= 11 is 6.30. The molecule has 0 unspecified atom stereocenters. The van der Waals surface area contributed by atoms with E-state index >= 15 is 0 Å². The number of benzene rings is 3. The molecule has 0 atom stereocenters. The van der Waals surface area contributed by atoms with Crippen LogP contribution in [0.4, 0.5) is 11.4 Å². The summed E-state index contributed by atoms with van der Waals surface area (Å²) in [7, 11) is -1.23. The van der Waals surface area contributed by atoms with Gasteiger partial charge in [0.05, 0.1) is 25.6 Å². The molecule has 176 valence electrons. The average Bonchev–Trinajstić information content (AvgIpc) is 2.83. The van der Waals surface area contributed by atoms with Gasteiger partial charge in [0.2, 0.25) is 0 Å². The molecule has 3 aromatic carbocycles. The number of nitrogens with zero attached hydrogens (tertiary/aromatic N) is 1. The van der Waals surface area contributed by atoms with Crippen molar-refractivity contribution in [1.82, 2.24) is 0 Å². The molecule has 1 aliphatic rings. The summed E-state index contributed by atoms with van der Waals surface area (Å²) in [6, 6.07) is 18.7. The second-order valence-corrected chi connectivity index (χ2v) is 9.66. The van der Waals surface area contributed by atoms with Crippen molar-refractivity contribution in [2.45, 2.75) is 6.92 Å². The molecule has 0 saturated carbocycles. The Bertz CT molecular complexity index is 1390. The van der Waals surface area contributed by atoms with Gasteiger partial charge in [-0.15, -0.1) is 0 Å². The molecule has 0 radical (unpaired) electrons. The Hall–Kier alpha value is -3.49. The zero-order chi connectivity index (χ0) is 24.5. The molecule has 1 heterocycles. The molecule has 0 saturated heterocycles. The third kappa shape index (κ3) is 4.10. The maximum atomic E-state index is 13.8. The van der Waals surface area contributed by atoms with Gasteiger partial charge in [0.1, 0.15) is 11.5 Å². The van der Waals surface area contributed by atoms with E-state index in [2.05, 4.69) is 5.32 Å². The molecule has 1 amide bonds. The number of hydrogen-bond acceptors (Lipinski definition) is 5. The number of carbonyl (C=O) groups excluding carboxylic acids is 1. The monoisotopic (exact) mass is 498 g/mol. The fourth-order valence-electron chi connectivity index (χ4n) is 3.96. The first kappa shape index (κ1) is 23.7. The van der Waals surface area contributed by atoms with E-state index in [1.165, 1.54) is 18.5 Å². The van der Waals surface area contributed by atoms with Crippen molar-refractivity contribution in [3.05, 3.63) is 87.8 Å². The first-order valence-electron chi connectivity index (χ1n) is 10.5. The predicted octanol–water partition coefficient (Wildman–Crippen LogP) is 4.93. The average molecular weight is 499 g/mol. The van der Waals surface area contributed by atoms with Crippen molar-refractivity contribution in [1.29, 1.82) is 0 Å². The van der Waals surface area contributed by atoms with E-state index in [1.54, 1.807) is 67.6 Å². The highest BCUT2D eigenvalue weighted by atomic mass is 35.5. The molecule has 0 bridgehead atoms. The van der Waals surface area contributed by atoms with Crippen LogP contribution in [0.2, 0.25) is 5.02 Å². The zero-order valence-electron chi connectivity index (χ0n) is 18.8. The van der Waals surface area contributed by atoms with Gasteiger partial charge in [-0.25, -0.2) is 8.42 Å². The summed E-state index contributed by atoms with van der Waals surface area (Å²) in [6.45, 7) is 1.85. The van der Waals surface area contributed by atoms with Crippen molar-refractivity contribution >= 4 is 44.5 Å². The lowest BCUT2D eigenvalue weighted by molar-refractivity contribution is -0.112. The van der Waals surface area contributed by atoms with E-state index in [9.17, 15) is 13.2 Å². The number of methoxy groups -OCH3 is 2. The van der Waals surface area contributed by atoms with Crippen molar-refractivity contribution in [2.24, 2.45) is 0 Å². The van der Waals surface area contributed by atoms with E-state index in [-0.39, 0.29) is 17.0 Å². The molecule has 0 fully saturated rings. The van der Waals surface area contributed by atoms with Gasteiger partial charge >= 0.3 is 0 Å². The van der Waals surface area contributed by atoms with Crippen LogP contribution in [0.5, 0.6) is 11.5 Å². The highest BCUT2D eigenvalue weighted by Gasteiger charge is 2.41. The summed E-state index contributed by atoms with van der Waals surface area (Å²) in [5, 5.41) is 3.14. The topological polar surface area (TPSA) is 84.9 Å². The number of sulfonamides is 1. The van der Waals surface area contributed by atoms with Gasteiger partial charge in [0, 0.05) is 28.8 Å². The minimum atomic E-state index is -4.20. The van der Waals surface area contributed by atoms with Crippen molar-refractivity contribution in [2.75, 3.05) is 30.4 Å². The molecule has 9 heteroatoms. The molecular formula is C25H23ClN2O5S. The van der Waals surface area contributed by atoms with Gasteiger partial charge in [-0.05, 0) is 42.8 Å². The van der Waals surface area contributed by atoms with Crippen molar-refractivity contribution < 1.29 is 22.7 Å². The highest BCUT2D eigenvalue weighted by molar-refractivity contribution is 7.97. The SMILES string of the molecule is CCN1c2ccc(Cl)cc2C(c2ccccc2)=C(C(=O)Nc2ccc(OC)cc2OC)S1(=O)=O. The van der Waals surface area contributed by atoms with E-state index in [0.717, 1.165) is 0 Å². The number of fused-ring (bicyclic) bond motifs is 1. The van der Waals surface area contributed by atoms with Gasteiger partial charge in [-0.3, -0.25) is 9.10 Å². The molecule has 4 rings (SSSR count). The first-order valence-corrected chi connectivity index (χ1v) is 12.3. The van der Waals surface area contributed by atoms with Gasteiger partial charge in [0.25, 0.3) is 15.9 Å². The molecule has 0 aliphatic carbocycles. The number of anilines is 2. The third-order valence-corrected chi connectivity index (χ3v) is 7.66. The van der Waals surface area contributed by atoms with Gasteiger partial charge in [-0.1, -0.05) is 41.9 Å². The fourth-order valence-corrected chi connectivity index (χ4v) is 5.88. The Morgan fingerprint density at radius 2 is 1.74 bits per heavy atom. The molecule has 3 aromatic rings. The highest BCUT2D eigenvalue weighted by Crippen LogP contribution is 2.44. The summed E-state index contributed by atoms with van der Waals surface area (Å²) in [5.74, 6) is 0.0787. The minimum absolute atomic E-state index is 0.141. The normalized spacial score (nSPS) is 14.4. The molecule has 0 aromatic heterocycles. The lowest BCUT2D eigenvalue weighted by Crippen LogP contribution is -2.39. The number of nitrogens with one attached hydrogen (secondary N) is 1.